The predicted octanol–water partition coefficient (Wildman–Crippen LogP) is 3.70. The molecule has 1 aliphatic rings. The lowest BCUT2D eigenvalue weighted by Gasteiger charge is -2.23. The summed E-state index contributed by atoms with van der Waals surface area (Å²) in [5.41, 5.74) is 3.74. The standard InChI is InChI=1S/C30H21ClN6O11S3/c31-29-35-23(36-30(37-29)34-18-7-3-4-8-20(18)49(40,41)42)11-14-9-10-15(12-21(14)50(43,44)45)33-19-13-22(51(46,47)48)26(32)25-24(19)27(38)16-5-1-2-6-17(16)28(25)39/h1-10,12-13,33H,11,32H2,(H,40,41,42)(H,43,44,45)(H,46,47,48)(H,34,35,36,37). The lowest BCUT2D eigenvalue weighted by Crippen LogP contribution is -2.25. The van der Waals surface area contributed by atoms with Crippen LogP contribution in [0.25, 0.3) is 0 Å². The number of anilines is 5. The Bertz CT molecular complexity index is 2670. The van der Waals surface area contributed by atoms with E-state index in [1.807, 2.05) is 0 Å². The van der Waals surface area contributed by atoms with Crippen molar-refractivity contribution in [3.05, 3.63) is 112 Å². The summed E-state index contributed by atoms with van der Waals surface area (Å²) in [5.74, 6) is -1.96. The van der Waals surface area contributed by atoms with E-state index in [4.69, 9.17) is 17.3 Å². The minimum Gasteiger partial charge on any atom is -0.397 e. The van der Waals surface area contributed by atoms with Crippen LogP contribution < -0.4 is 16.4 Å². The quantitative estimate of drug-likeness (QED) is 0.0902. The van der Waals surface area contributed by atoms with Gasteiger partial charge in [0.25, 0.3) is 30.4 Å². The summed E-state index contributed by atoms with van der Waals surface area (Å²) in [5, 5.41) is 4.91. The number of nitrogen functional groups attached to an aromatic ring is 1. The van der Waals surface area contributed by atoms with Crippen LogP contribution in [-0.4, -0.2) is 65.4 Å². The van der Waals surface area contributed by atoms with E-state index in [0.717, 1.165) is 18.2 Å². The molecule has 17 nitrogen and oxygen atoms in total. The molecule has 0 radical (unpaired) electrons. The van der Waals surface area contributed by atoms with Crippen LogP contribution in [0.1, 0.15) is 43.2 Å². The molecule has 262 valence electrons. The first-order valence-electron chi connectivity index (χ1n) is 14.1. The van der Waals surface area contributed by atoms with Crippen LogP contribution in [0.2, 0.25) is 5.28 Å². The second kappa shape index (κ2) is 12.8. The van der Waals surface area contributed by atoms with Crippen LogP contribution in [0.15, 0.2) is 87.5 Å². The number of nitrogens with one attached hydrogen (secondary N) is 2. The molecule has 0 aliphatic heterocycles. The molecular weight excluding hydrogens is 752 g/mol. The minimum absolute atomic E-state index is 0.0163. The SMILES string of the molecule is Nc1c(S(=O)(=O)O)cc(Nc2ccc(Cc3nc(Cl)nc(Nc4ccccc4S(=O)(=O)O)n3)c(S(=O)(=O)O)c2)c2c1C(=O)c1ccccc1C2=O. The van der Waals surface area contributed by atoms with Gasteiger partial charge in [-0.2, -0.15) is 35.2 Å². The fourth-order valence-corrected chi connectivity index (χ4v) is 7.61. The van der Waals surface area contributed by atoms with Crippen LogP contribution in [0.3, 0.4) is 0 Å². The highest BCUT2D eigenvalue weighted by Crippen LogP contribution is 2.40. The largest absolute Gasteiger partial charge is 0.397 e. The number of nitrogens with zero attached hydrogens (tertiary/aromatic N) is 3. The van der Waals surface area contributed by atoms with E-state index in [2.05, 4.69) is 25.6 Å². The third-order valence-electron chi connectivity index (χ3n) is 7.52. The van der Waals surface area contributed by atoms with Gasteiger partial charge in [0.1, 0.15) is 15.6 Å². The molecule has 0 spiro atoms. The van der Waals surface area contributed by atoms with E-state index >= 15 is 0 Å². The van der Waals surface area contributed by atoms with Crippen LogP contribution in [-0.2, 0) is 36.8 Å². The van der Waals surface area contributed by atoms with Crippen molar-refractivity contribution in [3.8, 4) is 0 Å². The van der Waals surface area contributed by atoms with E-state index in [1.54, 1.807) is 0 Å². The molecule has 21 heteroatoms. The zero-order chi connectivity index (χ0) is 37.0. The molecule has 1 heterocycles. The topological polar surface area (TPSA) is 286 Å². The molecule has 1 aromatic heterocycles. The highest BCUT2D eigenvalue weighted by Gasteiger charge is 2.36. The van der Waals surface area contributed by atoms with Gasteiger partial charge in [0.2, 0.25) is 11.2 Å². The number of benzene rings is 4. The average Bonchev–Trinajstić information content (AvgIpc) is 3.03. The van der Waals surface area contributed by atoms with Crippen molar-refractivity contribution >= 4 is 82.2 Å². The molecule has 7 N–H and O–H groups in total. The summed E-state index contributed by atoms with van der Waals surface area (Å²) in [7, 11) is -14.7. The molecule has 5 aromatic rings. The molecule has 0 fully saturated rings. The van der Waals surface area contributed by atoms with Gasteiger partial charge >= 0.3 is 0 Å². The summed E-state index contributed by atoms with van der Waals surface area (Å²) < 4.78 is 103. The van der Waals surface area contributed by atoms with Crippen LogP contribution >= 0.6 is 11.6 Å². The molecule has 1 aliphatic carbocycles. The Hall–Kier alpha value is -5.35. The number of rotatable bonds is 9. The number of ketones is 2. The Morgan fingerprint density at radius 2 is 1.24 bits per heavy atom. The summed E-state index contributed by atoms with van der Waals surface area (Å²) in [6, 6.07) is 15.2. The summed E-state index contributed by atoms with van der Waals surface area (Å²) in [6.45, 7) is 0. The zero-order valence-electron chi connectivity index (χ0n) is 25.3. The van der Waals surface area contributed by atoms with Gasteiger partial charge in [-0.05, 0) is 47.5 Å². The van der Waals surface area contributed by atoms with Gasteiger partial charge in [-0.25, -0.2) is 4.98 Å². The third kappa shape index (κ3) is 7.01. The van der Waals surface area contributed by atoms with Crippen molar-refractivity contribution in [1.82, 2.24) is 15.0 Å². The number of hydrogen-bond acceptors (Lipinski definition) is 14. The second-order valence-electron chi connectivity index (χ2n) is 10.8. The molecule has 6 rings (SSSR count). The second-order valence-corrected chi connectivity index (χ2v) is 15.3. The first kappa shape index (κ1) is 35.5. The molecule has 0 bridgehead atoms. The number of carbonyl (C=O) groups excluding carboxylic acids is 2. The fraction of sp³-hybridized carbons (Fsp3) is 0.0333. The predicted molar refractivity (Wildman–Crippen MR) is 181 cm³/mol. The minimum atomic E-state index is -5.05. The van der Waals surface area contributed by atoms with E-state index < -0.39 is 74.3 Å². The molecular formula is C30H21ClN6O11S3. The maximum absolute atomic E-state index is 13.6. The van der Waals surface area contributed by atoms with Gasteiger partial charge in [0.05, 0.1) is 33.1 Å². The molecule has 0 unspecified atom stereocenters. The molecule has 0 amide bonds. The highest BCUT2D eigenvalue weighted by atomic mass is 35.5. The number of nitrogens with two attached hydrogens (primary N) is 1. The van der Waals surface area contributed by atoms with Crippen molar-refractivity contribution in [2.24, 2.45) is 0 Å². The van der Waals surface area contributed by atoms with Crippen molar-refractivity contribution < 1.29 is 48.5 Å². The number of carbonyl (C=O) groups is 2. The number of aromatic nitrogens is 3. The Morgan fingerprint density at radius 1 is 0.647 bits per heavy atom. The molecule has 4 aromatic carbocycles. The number of halogens is 1. The smallest absolute Gasteiger partial charge is 0.296 e. The highest BCUT2D eigenvalue weighted by molar-refractivity contribution is 7.86. The zero-order valence-corrected chi connectivity index (χ0v) is 28.5. The summed E-state index contributed by atoms with van der Waals surface area (Å²) >= 11 is 6.06. The van der Waals surface area contributed by atoms with Crippen LogP contribution in [0.5, 0.6) is 0 Å². The molecule has 0 saturated heterocycles. The Balaban J connectivity index is 1.40. The Kier molecular flexibility index (Phi) is 8.88. The number of hydrogen-bond donors (Lipinski definition) is 6. The number of para-hydroxylation sites is 1. The lowest BCUT2D eigenvalue weighted by molar-refractivity contribution is 0.0980. The van der Waals surface area contributed by atoms with E-state index in [1.165, 1.54) is 54.6 Å². The van der Waals surface area contributed by atoms with Gasteiger partial charge in [-0.15, -0.1) is 0 Å². The fourth-order valence-electron chi connectivity index (χ4n) is 5.39. The van der Waals surface area contributed by atoms with Crippen LogP contribution in [0, 0.1) is 0 Å². The normalized spacial score (nSPS) is 13.0. The third-order valence-corrected chi connectivity index (χ3v) is 10.4. The summed E-state index contributed by atoms with van der Waals surface area (Å²) in [6.07, 6.45) is -0.403. The van der Waals surface area contributed by atoms with Crippen molar-refractivity contribution in [1.29, 1.82) is 0 Å². The average molecular weight is 773 g/mol. The first-order chi connectivity index (χ1) is 23.8. The van der Waals surface area contributed by atoms with E-state index in [-0.39, 0.29) is 56.4 Å². The van der Waals surface area contributed by atoms with Gasteiger partial charge < -0.3 is 16.4 Å². The molecule has 0 atom stereocenters. The lowest BCUT2D eigenvalue weighted by atomic mass is 9.82. The van der Waals surface area contributed by atoms with Gasteiger partial charge in [-0.1, -0.05) is 42.5 Å². The molecule has 0 saturated carbocycles. The Labute approximate surface area is 293 Å². The van der Waals surface area contributed by atoms with Gasteiger partial charge in [0, 0.05) is 23.2 Å². The van der Waals surface area contributed by atoms with Crippen molar-refractivity contribution in [3.63, 3.8) is 0 Å². The Morgan fingerprint density at radius 3 is 1.86 bits per heavy atom. The molecule has 51 heavy (non-hydrogen) atoms. The van der Waals surface area contributed by atoms with Crippen molar-refractivity contribution in [2.45, 2.75) is 21.1 Å². The maximum atomic E-state index is 13.6. The van der Waals surface area contributed by atoms with Gasteiger partial charge in [-0.3, -0.25) is 23.2 Å². The van der Waals surface area contributed by atoms with Crippen LogP contribution in [0.4, 0.5) is 28.7 Å². The van der Waals surface area contributed by atoms with Gasteiger partial charge in [0.15, 0.2) is 11.6 Å². The van der Waals surface area contributed by atoms with E-state index in [9.17, 15) is 48.5 Å². The van der Waals surface area contributed by atoms with E-state index in [0.29, 0.717) is 0 Å². The van der Waals surface area contributed by atoms with Crippen molar-refractivity contribution in [2.75, 3.05) is 16.4 Å². The monoisotopic (exact) mass is 772 g/mol. The maximum Gasteiger partial charge on any atom is 0.296 e. The summed E-state index contributed by atoms with van der Waals surface area (Å²) in [4.78, 5) is 37.0. The number of fused-ring (bicyclic) bond motifs is 2. The first-order valence-corrected chi connectivity index (χ1v) is 18.8.